The van der Waals surface area contributed by atoms with Crippen LogP contribution in [0.25, 0.3) is 11.3 Å². The summed E-state index contributed by atoms with van der Waals surface area (Å²) in [5, 5.41) is 4.37. The van der Waals surface area contributed by atoms with E-state index in [1.54, 1.807) is 42.3 Å². The number of imidazole rings is 1. The largest absolute Gasteiger partial charge is 0.336 e. The zero-order chi connectivity index (χ0) is 19.0. The molecule has 0 bridgehead atoms. The second kappa shape index (κ2) is 6.68. The number of rotatable bonds is 4. The minimum atomic E-state index is -0.655. The fraction of sp³-hybridized carbons (Fsp3) is 0.150. The van der Waals surface area contributed by atoms with E-state index < -0.39 is 11.9 Å². The Hall–Kier alpha value is -3.48. The van der Waals surface area contributed by atoms with Crippen molar-refractivity contribution in [3.63, 3.8) is 0 Å². The van der Waals surface area contributed by atoms with Crippen LogP contribution in [0.3, 0.4) is 0 Å². The molecule has 0 aliphatic rings. The molecular weight excluding hydrogens is 345 g/mol. The number of hydrogen-bond donors (Lipinski definition) is 0. The van der Waals surface area contributed by atoms with Gasteiger partial charge in [-0.05, 0) is 30.7 Å². The van der Waals surface area contributed by atoms with Crippen molar-refractivity contribution in [2.75, 3.05) is 7.05 Å². The molecule has 3 aromatic heterocycles. The normalized spacial score (nSPS) is 11.1. The molecule has 0 aliphatic heterocycles. The Labute approximate surface area is 155 Å². The summed E-state index contributed by atoms with van der Waals surface area (Å²) in [6.07, 6.45) is 5.11. The van der Waals surface area contributed by atoms with Crippen molar-refractivity contribution in [3.8, 4) is 5.69 Å². The van der Waals surface area contributed by atoms with Crippen LogP contribution < -0.4 is 0 Å². The molecule has 6 nitrogen and oxygen atoms in total. The van der Waals surface area contributed by atoms with Crippen LogP contribution in [-0.2, 0) is 6.54 Å². The Morgan fingerprint density at radius 1 is 1.19 bits per heavy atom. The third-order valence-corrected chi connectivity index (χ3v) is 4.44. The first-order chi connectivity index (χ1) is 13.0. The fourth-order valence-electron chi connectivity index (χ4n) is 3.02. The van der Waals surface area contributed by atoms with Crippen molar-refractivity contribution >= 4 is 11.6 Å². The number of carbonyl (C=O) groups is 1. The minimum absolute atomic E-state index is 0.185. The molecule has 1 aromatic carbocycles. The smallest absolute Gasteiger partial charge is 0.277 e. The molecule has 7 heteroatoms. The van der Waals surface area contributed by atoms with Crippen molar-refractivity contribution in [2.45, 2.75) is 13.5 Å². The zero-order valence-electron chi connectivity index (χ0n) is 15.0. The monoisotopic (exact) mass is 363 g/mol. The number of para-hydroxylation sites is 1. The third-order valence-electron chi connectivity index (χ3n) is 4.44. The molecule has 0 saturated carbocycles. The average molecular weight is 363 g/mol. The van der Waals surface area contributed by atoms with Crippen molar-refractivity contribution in [1.82, 2.24) is 24.1 Å². The summed E-state index contributed by atoms with van der Waals surface area (Å²) in [4.78, 5) is 18.2. The summed E-state index contributed by atoms with van der Waals surface area (Å²) >= 11 is 0. The van der Waals surface area contributed by atoms with Crippen LogP contribution in [0, 0.1) is 12.9 Å². The van der Waals surface area contributed by atoms with Crippen molar-refractivity contribution in [3.05, 3.63) is 83.8 Å². The standard InChI is InChI=1S/C20H18FN5O/c1-14-7-3-4-8-16(14)26-13-15(11-22-26)12-24(2)20(27)18-19(21)25-10-6-5-9-17(25)23-18/h3-11,13H,12H2,1-2H3. The molecule has 0 atom stereocenters. The van der Waals surface area contributed by atoms with E-state index in [1.165, 1.54) is 9.30 Å². The Bertz CT molecular complexity index is 1130. The van der Waals surface area contributed by atoms with Crippen LogP contribution in [0.4, 0.5) is 4.39 Å². The first kappa shape index (κ1) is 17.0. The van der Waals surface area contributed by atoms with E-state index in [4.69, 9.17) is 0 Å². The summed E-state index contributed by atoms with van der Waals surface area (Å²) in [5.74, 6) is -1.13. The molecule has 1 amide bonds. The molecule has 136 valence electrons. The first-order valence-corrected chi connectivity index (χ1v) is 8.52. The van der Waals surface area contributed by atoms with Gasteiger partial charge in [0.25, 0.3) is 5.91 Å². The third kappa shape index (κ3) is 3.08. The van der Waals surface area contributed by atoms with Gasteiger partial charge in [-0.2, -0.15) is 9.49 Å². The number of fused-ring (bicyclic) bond motifs is 1. The maximum absolute atomic E-state index is 14.5. The Morgan fingerprint density at radius 3 is 2.74 bits per heavy atom. The minimum Gasteiger partial charge on any atom is -0.336 e. The summed E-state index contributed by atoms with van der Waals surface area (Å²) in [7, 11) is 1.62. The van der Waals surface area contributed by atoms with Gasteiger partial charge >= 0.3 is 0 Å². The molecule has 3 heterocycles. The van der Waals surface area contributed by atoms with Crippen molar-refractivity contribution in [1.29, 1.82) is 0 Å². The molecule has 0 fully saturated rings. The van der Waals surface area contributed by atoms with E-state index in [1.807, 2.05) is 37.4 Å². The van der Waals surface area contributed by atoms with E-state index in [-0.39, 0.29) is 5.69 Å². The molecule has 4 aromatic rings. The lowest BCUT2D eigenvalue weighted by molar-refractivity contribution is 0.0774. The molecular formula is C20H18FN5O. The van der Waals surface area contributed by atoms with Crippen LogP contribution in [0.1, 0.15) is 21.6 Å². The summed E-state index contributed by atoms with van der Waals surface area (Å²) < 4.78 is 17.5. The number of amides is 1. The van der Waals surface area contributed by atoms with E-state index in [0.717, 1.165) is 16.8 Å². The lowest BCUT2D eigenvalue weighted by Gasteiger charge is -2.14. The van der Waals surface area contributed by atoms with Gasteiger partial charge in [0.1, 0.15) is 5.65 Å². The SMILES string of the molecule is Cc1ccccc1-n1cc(CN(C)C(=O)c2nc3ccccn3c2F)cn1. The molecule has 4 rings (SSSR count). The highest BCUT2D eigenvalue weighted by molar-refractivity contribution is 5.93. The molecule has 0 spiro atoms. The lowest BCUT2D eigenvalue weighted by Crippen LogP contribution is -2.27. The van der Waals surface area contributed by atoms with Gasteiger partial charge in [-0.1, -0.05) is 24.3 Å². The number of aromatic nitrogens is 4. The highest BCUT2D eigenvalue weighted by Gasteiger charge is 2.22. The van der Waals surface area contributed by atoms with Crippen molar-refractivity contribution < 1.29 is 9.18 Å². The number of pyridine rings is 1. The van der Waals surface area contributed by atoms with Crippen molar-refractivity contribution in [2.24, 2.45) is 0 Å². The van der Waals surface area contributed by atoms with E-state index in [9.17, 15) is 9.18 Å². The predicted octanol–water partition coefficient (Wildman–Crippen LogP) is 3.24. The maximum atomic E-state index is 14.5. The molecule has 27 heavy (non-hydrogen) atoms. The number of nitrogens with zero attached hydrogens (tertiary/aromatic N) is 5. The zero-order valence-corrected chi connectivity index (χ0v) is 15.0. The molecule has 0 N–H and O–H groups in total. The Morgan fingerprint density at radius 2 is 1.96 bits per heavy atom. The van der Waals surface area contributed by atoms with Gasteiger partial charge < -0.3 is 4.90 Å². The second-order valence-electron chi connectivity index (χ2n) is 6.42. The summed E-state index contributed by atoms with van der Waals surface area (Å²) in [5.41, 5.74) is 3.14. The molecule has 0 aliphatic carbocycles. The average Bonchev–Trinajstić information content (AvgIpc) is 3.26. The van der Waals surface area contributed by atoms with Gasteiger partial charge in [0.15, 0.2) is 5.69 Å². The quantitative estimate of drug-likeness (QED) is 0.559. The maximum Gasteiger partial charge on any atom is 0.277 e. The molecule has 0 saturated heterocycles. The van der Waals surface area contributed by atoms with E-state index in [2.05, 4.69) is 10.1 Å². The fourth-order valence-corrected chi connectivity index (χ4v) is 3.02. The van der Waals surface area contributed by atoms with Gasteiger partial charge in [0.05, 0.1) is 11.9 Å². The van der Waals surface area contributed by atoms with Crippen LogP contribution in [0.5, 0.6) is 0 Å². The van der Waals surface area contributed by atoms with E-state index in [0.29, 0.717) is 12.2 Å². The van der Waals surface area contributed by atoms with Gasteiger partial charge in [0.2, 0.25) is 5.95 Å². The second-order valence-corrected chi connectivity index (χ2v) is 6.42. The Balaban J connectivity index is 1.55. The van der Waals surface area contributed by atoms with Gasteiger partial charge in [-0.3, -0.25) is 9.20 Å². The summed E-state index contributed by atoms with van der Waals surface area (Å²) in [6, 6.07) is 13.0. The van der Waals surface area contributed by atoms with Crippen LogP contribution in [-0.4, -0.2) is 37.0 Å². The van der Waals surface area contributed by atoms with Gasteiger partial charge in [-0.25, -0.2) is 9.67 Å². The molecule has 0 radical (unpaired) electrons. The van der Waals surface area contributed by atoms with Gasteiger partial charge in [-0.15, -0.1) is 0 Å². The number of benzene rings is 1. The predicted molar refractivity (Wildman–Crippen MR) is 99.2 cm³/mol. The highest BCUT2D eigenvalue weighted by atomic mass is 19.1. The number of carbonyl (C=O) groups excluding carboxylic acids is 1. The highest BCUT2D eigenvalue weighted by Crippen LogP contribution is 2.16. The number of hydrogen-bond acceptors (Lipinski definition) is 3. The van der Waals surface area contributed by atoms with Crippen LogP contribution in [0.15, 0.2) is 61.1 Å². The van der Waals surface area contributed by atoms with Crippen LogP contribution >= 0.6 is 0 Å². The van der Waals surface area contributed by atoms with Gasteiger partial charge in [0, 0.05) is 31.5 Å². The topological polar surface area (TPSA) is 55.4 Å². The lowest BCUT2D eigenvalue weighted by atomic mass is 10.2. The number of halogens is 1. The van der Waals surface area contributed by atoms with E-state index >= 15 is 0 Å². The number of aryl methyl sites for hydroxylation is 1. The summed E-state index contributed by atoms with van der Waals surface area (Å²) in [6.45, 7) is 2.32. The Kier molecular flexibility index (Phi) is 4.19. The van der Waals surface area contributed by atoms with Crippen LogP contribution in [0.2, 0.25) is 0 Å². The first-order valence-electron chi connectivity index (χ1n) is 8.52. The molecule has 0 unspecified atom stereocenters.